The SMILES string of the molecule is COC(=O)c1ccc(NC(=O)CSc2nc(=O)n(Cc3ccccn3)c3c2CCC3)cc1. The first-order valence-corrected chi connectivity index (χ1v) is 11.2. The van der Waals surface area contributed by atoms with Crippen molar-refractivity contribution in [3.8, 4) is 0 Å². The first-order valence-electron chi connectivity index (χ1n) is 10.2. The largest absolute Gasteiger partial charge is 0.465 e. The zero-order valence-corrected chi connectivity index (χ0v) is 18.4. The Bertz CT molecular complexity index is 1190. The average molecular weight is 451 g/mol. The monoisotopic (exact) mass is 450 g/mol. The standard InChI is InChI=1S/C23H22N4O4S/c1-31-22(29)15-8-10-16(11-9-15)25-20(28)14-32-21-18-6-4-7-19(18)27(23(30)26-21)13-17-5-2-3-12-24-17/h2-3,5,8-12H,4,6-7,13-14H2,1H3,(H,25,28). The minimum Gasteiger partial charge on any atom is -0.465 e. The van der Waals surface area contributed by atoms with E-state index in [9.17, 15) is 14.4 Å². The fourth-order valence-electron chi connectivity index (χ4n) is 3.66. The van der Waals surface area contributed by atoms with E-state index in [1.165, 1.54) is 18.9 Å². The summed E-state index contributed by atoms with van der Waals surface area (Å²) in [6.45, 7) is 0.391. The molecule has 0 saturated carbocycles. The minimum absolute atomic E-state index is 0.127. The molecule has 164 valence electrons. The Morgan fingerprint density at radius 3 is 2.69 bits per heavy atom. The third-order valence-electron chi connectivity index (χ3n) is 5.18. The molecule has 3 aromatic rings. The molecule has 9 heteroatoms. The predicted octanol–water partition coefficient (Wildman–Crippen LogP) is 2.69. The van der Waals surface area contributed by atoms with E-state index in [4.69, 9.17) is 0 Å². The summed E-state index contributed by atoms with van der Waals surface area (Å²) in [6, 6.07) is 12.1. The van der Waals surface area contributed by atoms with E-state index < -0.39 is 5.97 Å². The van der Waals surface area contributed by atoms with Crippen LogP contribution in [0.25, 0.3) is 0 Å². The molecule has 4 rings (SSSR count). The number of anilines is 1. The quantitative estimate of drug-likeness (QED) is 0.335. The van der Waals surface area contributed by atoms with Crippen molar-refractivity contribution < 1.29 is 14.3 Å². The van der Waals surface area contributed by atoms with Crippen LogP contribution in [-0.4, -0.2) is 39.3 Å². The van der Waals surface area contributed by atoms with Gasteiger partial charge in [0.25, 0.3) is 0 Å². The maximum absolute atomic E-state index is 12.7. The van der Waals surface area contributed by atoms with E-state index in [2.05, 4.69) is 20.0 Å². The number of nitrogens with zero attached hydrogens (tertiary/aromatic N) is 3. The second kappa shape index (κ2) is 9.78. The van der Waals surface area contributed by atoms with Gasteiger partial charge in [-0.05, 0) is 55.7 Å². The molecule has 1 aliphatic carbocycles. The molecule has 1 aromatic carbocycles. The van der Waals surface area contributed by atoms with Gasteiger partial charge in [-0.25, -0.2) is 9.59 Å². The van der Waals surface area contributed by atoms with Gasteiger partial charge in [0.05, 0.1) is 30.7 Å². The highest BCUT2D eigenvalue weighted by Gasteiger charge is 2.22. The van der Waals surface area contributed by atoms with Gasteiger partial charge in [0.1, 0.15) is 5.03 Å². The summed E-state index contributed by atoms with van der Waals surface area (Å²) in [4.78, 5) is 45.2. The van der Waals surface area contributed by atoms with Crippen LogP contribution in [0.15, 0.2) is 58.5 Å². The van der Waals surface area contributed by atoms with Crippen molar-refractivity contribution in [3.05, 3.63) is 81.7 Å². The number of carbonyl (C=O) groups is 2. The highest BCUT2D eigenvalue weighted by Crippen LogP contribution is 2.29. The lowest BCUT2D eigenvalue weighted by Gasteiger charge is -2.14. The summed E-state index contributed by atoms with van der Waals surface area (Å²) in [7, 11) is 1.32. The number of nitrogens with one attached hydrogen (secondary N) is 1. The van der Waals surface area contributed by atoms with Crippen molar-refractivity contribution in [2.45, 2.75) is 30.8 Å². The Labute approximate surface area is 189 Å². The number of pyridine rings is 1. The van der Waals surface area contributed by atoms with E-state index in [0.29, 0.717) is 22.8 Å². The van der Waals surface area contributed by atoms with Crippen LogP contribution in [-0.2, 0) is 28.9 Å². The second-order valence-electron chi connectivity index (χ2n) is 7.29. The normalized spacial score (nSPS) is 12.3. The first kappa shape index (κ1) is 21.8. The van der Waals surface area contributed by atoms with E-state index in [1.54, 1.807) is 35.0 Å². The predicted molar refractivity (Wildman–Crippen MR) is 121 cm³/mol. The lowest BCUT2D eigenvalue weighted by molar-refractivity contribution is -0.113. The molecule has 0 spiro atoms. The minimum atomic E-state index is -0.434. The lowest BCUT2D eigenvalue weighted by Crippen LogP contribution is -2.28. The topological polar surface area (TPSA) is 103 Å². The molecule has 0 fully saturated rings. The molecule has 0 atom stereocenters. The summed E-state index contributed by atoms with van der Waals surface area (Å²) in [5.74, 6) is -0.523. The zero-order valence-electron chi connectivity index (χ0n) is 17.5. The van der Waals surface area contributed by atoms with E-state index >= 15 is 0 Å². The van der Waals surface area contributed by atoms with Crippen LogP contribution in [0, 0.1) is 0 Å². The number of methoxy groups -OCH3 is 1. The van der Waals surface area contributed by atoms with Gasteiger partial charge in [-0.1, -0.05) is 17.8 Å². The molecule has 0 unspecified atom stereocenters. The fourth-order valence-corrected chi connectivity index (χ4v) is 4.54. The smallest absolute Gasteiger partial charge is 0.349 e. The molecular formula is C23H22N4O4S. The Kier molecular flexibility index (Phi) is 6.65. The van der Waals surface area contributed by atoms with Gasteiger partial charge in [0.2, 0.25) is 5.91 Å². The molecule has 1 amide bonds. The van der Waals surface area contributed by atoms with Crippen molar-refractivity contribution in [3.63, 3.8) is 0 Å². The van der Waals surface area contributed by atoms with Crippen LogP contribution in [0.1, 0.15) is 33.7 Å². The van der Waals surface area contributed by atoms with Crippen LogP contribution >= 0.6 is 11.8 Å². The van der Waals surface area contributed by atoms with Crippen molar-refractivity contribution in [2.75, 3.05) is 18.2 Å². The second-order valence-corrected chi connectivity index (χ2v) is 8.26. The molecule has 0 aliphatic heterocycles. The van der Waals surface area contributed by atoms with Crippen molar-refractivity contribution in [1.29, 1.82) is 0 Å². The number of ether oxygens (including phenoxy) is 1. The number of thioether (sulfide) groups is 1. The first-order chi connectivity index (χ1) is 15.5. The molecule has 1 N–H and O–H groups in total. The maximum atomic E-state index is 12.7. The molecule has 1 aliphatic rings. The molecule has 8 nitrogen and oxygen atoms in total. The molecule has 2 aromatic heterocycles. The lowest BCUT2D eigenvalue weighted by atomic mass is 10.2. The van der Waals surface area contributed by atoms with Crippen LogP contribution in [0.3, 0.4) is 0 Å². The Morgan fingerprint density at radius 1 is 1.16 bits per heavy atom. The summed E-state index contributed by atoms with van der Waals surface area (Å²) in [5.41, 5.74) is 3.50. The van der Waals surface area contributed by atoms with Gasteiger partial charge >= 0.3 is 11.7 Å². The molecule has 32 heavy (non-hydrogen) atoms. The maximum Gasteiger partial charge on any atom is 0.349 e. The van der Waals surface area contributed by atoms with E-state index in [0.717, 1.165) is 36.2 Å². The highest BCUT2D eigenvalue weighted by atomic mass is 32.2. The molecule has 0 bridgehead atoms. The Balaban J connectivity index is 1.44. The number of benzene rings is 1. The van der Waals surface area contributed by atoms with Gasteiger partial charge in [0, 0.05) is 23.1 Å². The third kappa shape index (κ3) is 4.88. The van der Waals surface area contributed by atoms with Crippen LogP contribution in [0.2, 0.25) is 0 Å². The number of carbonyl (C=O) groups excluding carboxylic acids is 2. The van der Waals surface area contributed by atoms with Gasteiger partial charge in [-0.2, -0.15) is 4.98 Å². The molecule has 0 saturated heterocycles. The summed E-state index contributed by atoms with van der Waals surface area (Å²) in [6.07, 6.45) is 4.31. The summed E-state index contributed by atoms with van der Waals surface area (Å²) < 4.78 is 6.36. The molecule has 0 radical (unpaired) electrons. The van der Waals surface area contributed by atoms with Crippen molar-refractivity contribution in [1.82, 2.24) is 14.5 Å². The van der Waals surface area contributed by atoms with E-state index in [-0.39, 0.29) is 17.3 Å². The Hall–Kier alpha value is -3.46. The third-order valence-corrected chi connectivity index (χ3v) is 6.19. The van der Waals surface area contributed by atoms with Crippen LogP contribution in [0.5, 0.6) is 0 Å². The number of hydrogen-bond donors (Lipinski definition) is 1. The van der Waals surface area contributed by atoms with Gasteiger partial charge < -0.3 is 10.1 Å². The zero-order chi connectivity index (χ0) is 22.5. The number of hydrogen-bond acceptors (Lipinski definition) is 7. The number of amides is 1. The van der Waals surface area contributed by atoms with Crippen molar-refractivity contribution in [2.24, 2.45) is 0 Å². The summed E-state index contributed by atoms with van der Waals surface area (Å²) in [5, 5.41) is 3.41. The van der Waals surface area contributed by atoms with Crippen LogP contribution in [0.4, 0.5) is 5.69 Å². The van der Waals surface area contributed by atoms with Crippen LogP contribution < -0.4 is 11.0 Å². The fraction of sp³-hybridized carbons (Fsp3) is 0.261. The van der Waals surface area contributed by atoms with Gasteiger partial charge in [-0.3, -0.25) is 14.3 Å². The highest BCUT2D eigenvalue weighted by molar-refractivity contribution is 8.00. The number of fused-ring (bicyclic) bond motifs is 1. The number of esters is 1. The number of rotatable bonds is 7. The Morgan fingerprint density at radius 2 is 1.97 bits per heavy atom. The average Bonchev–Trinajstić information content (AvgIpc) is 3.30. The summed E-state index contributed by atoms with van der Waals surface area (Å²) >= 11 is 1.27. The van der Waals surface area contributed by atoms with Gasteiger partial charge in [-0.15, -0.1) is 0 Å². The molecular weight excluding hydrogens is 428 g/mol. The van der Waals surface area contributed by atoms with Crippen molar-refractivity contribution >= 4 is 29.3 Å². The van der Waals surface area contributed by atoms with Gasteiger partial charge in [0.15, 0.2) is 0 Å². The van der Waals surface area contributed by atoms with E-state index in [1.807, 2.05) is 18.2 Å². The number of aromatic nitrogens is 3. The molecule has 2 heterocycles.